The van der Waals surface area contributed by atoms with Gasteiger partial charge in [0.1, 0.15) is 0 Å². The molecule has 1 atom stereocenters. The van der Waals surface area contributed by atoms with Gasteiger partial charge in [-0.25, -0.2) is 0 Å². The average molecular weight is 280 g/mol. The van der Waals surface area contributed by atoms with Crippen molar-refractivity contribution < 1.29 is 9.53 Å². The highest BCUT2D eigenvalue weighted by Crippen LogP contribution is 2.09. The molecule has 0 saturated heterocycles. The maximum atomic E-state index is 11.9. The molecule has 0 fully saturated rings. The van der Waals surface area contributed by atoms with Crippen LogP contribution in [0.15, 0.2) is 0 Å². The van der Waals surface area contributed by atoms with Crippen molar-refractivity contribution in [2.45, 2.75) is 26.7 Å². The van der Waals surface area contributed by atoms with Crippen molar-refractivity contribution in [3.63, 3.8) is 0 Å². The Kier molecular flexibility index (Phi) is 9.10. The summed E-state index contributed by atoms with van der Waals surface area (Å²) in [6.45, 7) is 6.29. The summed E-state index contributed by atoms with van der Waals surface area (Å²) in [6.07, 6.45) is 1.70. The highest BCUT2D eigenvalue weighted by atomic mass is 79.9. The molecule has 0 radical (unpaired) electrons. The van der Waals surface area contributed by atoms with Crippen LogP contribution in [-0.2, 0) is 9.53 Å². The van der Waals surface area contributed by atoms with Crippen molar-refractivity contribution in [3.05, 3.63) is 0 Å². The van der Waals surface area contributed by atoms with Gasteiger partial charge in [-0.15, -0.1) is 0 Å². The second-order valence-electron chi connectivity index (χ2n) is 3.78. The summed E-state index contributed by atoms with van der Waals surface area (Å²) in [5.74, 6) is 0.707. The molecule has 1 amide bonds. The van der Waals surface area contributed by atoms with Crippen molar-refractivity contribution in [2.24, 2.45) is 5.92 Å². The molecule has 0 spiro atoms. The zero-order chi connectivity index (χ0) is 11.7. The van der Waals surface area contributed by atoms with Crippen LogP contribution in [0.5, 0.6) is 0 Å². The van der Waals surface area contributed by atoms with E-state index in [0.29, 0.717) is 25.5 Å². The minimum atomic E-state index is 0.237. The topological polar surface area (TPSA) is 29.5 Å². The van der Waals surface area contributed by atoms with Gasteiger partial charge in [-0.3, -0.25) is 4.79 Å². The Morgan fingerprint density at radius 3 is 2.60 bits per heavy atom. The first kappa shape index (κ1) is 14.9. The molecule has 15 heavy (non-hydrogen) atoms. The lowest BCUT2D eigenvalue weighted by molar-refractivity contribution is -0.132. The average Bonchev–Trinajstić information content (AvgIpc) is 2.23. The zero-order valence-corrected chi connectivity index (χ0v) is 11.5. The lowest BCUT2D eigenvalue weighted by atomic mass is 10.0. The number of hydrogen-bond donors (Lipinski definition) is 0. The fraction of sp³-hybridized carbons (Fsp3) is 0.909. The first-order valence-electron chi connectivity index (χ1n) is 5.48. The van der Waals surface area contributed by atoms with Crippen molar-refractivity contribution in [1.82, 2.24) is 4.90 Å². The predicted octanol–water partition coefficient (Wildman–Crippen LogP) is 2.29. The molecule has 0 N–H and O–H groups in total. The summed E-state index contributed by atoms with van der Waals surface area (Å²) < 4.78 is 4.99. The lowest BCUT2D eigenvalue weighted by Crippen LogP contribution is -2.36. The quantitative estimate of drug-likeness (QED) is 0.638. The normalized spacial score (nSPS) is 12.5. The molecule has 0 aliphatic heterocycles. The summed E-state index contributed by atoms with van der Waals surface area (Å²) in [5, 5.41) is 0.822. The van der Waals surface area contributed by atoms with Gasteiger partial charge >= 0.3 is 0 Å². The molecule has 0 aromatic carbocycles. The number of alkyl halides is 1. The van der Waals surface area contributed by atoms with Gasteiger partial charge in [0.05, 0.1) is 6.61 Å². The van der Waals surface area contributed by atoms with E-state index in [0.717, 1.165) is 18.3 Å². The highest BCUT2D eigenvalue weighted by molar-refractivity contribution is 9.09. The molecule has 0 rings (SSSR count). The van der Waals surface area contributed by atoms with Crippen LogP contribution >= 0.6 is 15.9 Å². The van der Waals surface area contributed by atoms with E-state index in [-0.39, 0.29) is 5.91 Å². The monoisotopic (exact) mass is 279 g/mol. The van der Waals surface area contributed by atoms with Crippen LogP contribution < -0.4 is 0 Å². The van der Waals surface area contributed by atoms with Crippen molar-refractivity contribution in [1.29, 1.82) is 0 Å². The number of ether oxygens (including phenoxy) is 1. The highest BCUT2D eigenvalue weighted by Gasteiger charge is 2.14. The predicted molar refractivity (Wildman–Crippen MR) is 66.3 cm³/mol. The smallest absolute Gasteiger partial charge is 0.222 e. The van der Waals surface area contributed by atoms with Crippen molar-refractivity contribution >= 4 is 21.8 Å². The van der Waals surface area contributed by atoms with Gasteiger partial charge in [0, 0.05) is 32.0 Å². The maximum Gasteiger partial charge on any atom is 0.222 e. The molecule has 0 bridgehead atoms. The van der Waals surface area contributed by atoms with Crippen molar-refractivity contribution in [3.8, 4) is 0 Å². The van der Waals surface area contributed by atoms with Gasteiger partial charge < -0.3 is 9.64 Å². The minimum Gasteiger partial charge on any atom is -0.383 e. The number of amides is 1. The van der Waals surface area contributed by atoms with Gasteiger partial charge in [-0.05, 0) is 5.92 Å². The lowest BCUT2D eigenvalue weighted by Gasteiger charge is -2.22. The number of carbonyl (C=O) groups is 1. The molecular weight excluding hydrogens is 258 g/mol. The molecule has 0 aromatic heterocycles. The van der Waals surface area contributed by atoms with Gasteiger partial charge in [0.25, 0.3) is 0 Å². The Morgan fingerprint density at radius 1 is 1.47 bits per heavy atom. The number of rotatable bonds is 8. The first-order chi connectivity index (χ1) is 7.15. The molecule has 1 unspecified atom stereocenters. The molecule has 0 heterocycles. The zero-order valence-electron chi connectivity index (χ0n) is 9.96. The van der Waals surface area contributed by atoms with E-state index in [1.165, 1.54) is 0 Å². The SMILES string of the molecule is CCC(C)CC(=O)N(CCBr)CCOC. The van der Waals surface area contributed by atoms with Crippen LogP contribution in [-0.4, -0.2) is 42.9 Å². The third-order valence-electron chi connectivity index (χ3n) is 2.49. The summed E-state index contributed by atoms with van der Waals surface area (Å²) >= 11 is 3.36. The maximum absolute atomic E-state index is 11.9. The molecule has 0 saturated carbocycles. The second kappa shape index (κ2) is 9.16. The fourth-order valence-electron chi connectivity index (χ4n) is 1.24. The molecular formula is C11H22BrNO2. The van der Waals surface area contributed by atoms with E-state index in [1.54, 1.807) is 7.11 Å². The third kappa shape index (κ3) is 6.90. The molecule has 4 heteroatoms. The van der Waals surface area contributed by atoms with Crippen LogP contribution in [0.1, 0.15) is 26.7 Å². The summed E-state index contributed by atoms with van der Waals surface area (Å²) in [7, 11) is 1.66. The van der Waals surface area contributed by atoms with E-state index in [2.05, 4.69) is 29.8 Å². The number of hydrogen-bond acceptors (Lipinski definition) is 2. The standard InChI is InChI=1S/C11H22BrNO2/c1-4-10(2)9-11(14)13(6-5-12)7-8-15-3/h10H,4-9H2,1-3H3. The van der Waals surface area contributed by atoms with Gasteiger partial charge in [0.2, 0.25) is 5.91 Å². The molecule has 0 aliphatic carbocycles. The number of methoxy groups -OCH3 is 1. The number of halogens is 1. The van der Waals surface area contributed by atoms with E-state index >= 15 is 0 Å². The Balaban J connectivity index is 4.03. The van der Waals surface area contributed by atoms with E-state index in [4.69, 9.17) is 4.74 Å². The Morgan fingerprint density at radius 2 is 2.13 bits per heavy atom. The Hall–Kier alpha value is -0.0900. The largest absolute Gasteiger partial charge is 0.383 e. The van der Waals surface area contributed by atoms with Gasteiger partial charge in [0.15, 0.2) is 0 Å². The van der Waals surface area contributed by atoms with Crippen LogP contribution in [0.3, 0.4) is 0 Å². The fourth-order valence-corrected chi connectivity index (χ4v) is 1.66. The Bertz CT molecular complexity index is 176. The molecule has 90 valence electrons. The summed E-state index contributed by atoms with van der Waals surface area (Å²) in [4.78, 5) is 13.7. The second-order valence-corrected chi connectivity index (χ2v) is 4.57. The number of nitrogens with zero attached hydrogens (tertiary/aromatic N) is 1. The number of carbonyl (C=O) groups excluding carboxylic acids is 1. The third-order valence-corrected chi connectivity index (χ3v) is 2.85. The van der Waals surface area contributed by atoms with Crippen LogP contribution in [0.25, 0.3) is 0 Å². The van der Waals surface area contributed by atoms with E-state index < -0.39 is 0 Å². The van der Waals surface area contributed by atoms with Gasteiger partial charge in [-0.2, -0.15) is 0 Å². The summed E-state index contributed by atoms with van der Waals surface area (Å²) in [6, 6.07) is 0. The van der Waals surface area contributed by atoms with E-state index in [9.17, 15) is 4.79 Å². The Labute approximate surface area is 101 Å². The van der Waals surface area contributed by atoms with Crippen molar-refractivity contribution in [2.75, 3.05) is 32.1 Å². The molecule has 0 aromatic rings. The minimum absolute atomic E-state index is 0.237. The van der Waals surface area contributed by atoms with Crippen LogP contribution in [0.4, 0.5) is 0 Å². The van der Waals surface area contributed by atoms with Gasteiger partial charge in [-0.1, -0.05) is 36.2 Å². The van der Waals surface area contributed by atoms with E-state index in [1.807, 2.05) is 4.90 Å². The van der Waals surface area contributed by atoms with Crippen LogP contribution in [0, 0.1) is 5.92 Å². The van der Waals surface area contributed by atoms with Crippen LogP contribution in [0.2, 0.25) is 0 Å². The molecule has 3 nitrogen and oxygen atoms in total. The first-order valence-corrected chi connectivity index (χ1v) is 6.60. The molecule has 0 aliphatic rings. The summed E-state index contributed by atoms with van der Waals surface area (Å²) in [5.41, 5.74) is 0.